The van der Waals surface area contributed by atoms with Gasteiger partial charge in [-0.3, -0.25) is 4.79 Å². The van der Waals surface area contributed by atoms with Gasteiger partial charge in [-0.05, 0) is 36.4 Å². The quantitative estimate of drug-likeness (QED) is 0.579. The zero-order valence-electron chi connectivity index (χ0n) is 13.7. The summed E-state index contributed by atoms with van der Waals surface area (Å²) in [5.74, 6) is 1.48. The molecule has 5 nitrogen and oxygen atoms in total. The van der Waals surface area contributed by atoms with Gasteiger partial charge in [-0.1, -0.05) is 23.7 Å². The average Bonchev–Trinajstić information content (AvgIpc) is 3.41. The highest BCUT2D eigenvalue weighted by atomic mass is 35.5. The Morgan fingerprint density at radius 2 is 1.96 bits per heavy atom. The van der Waals surface area contributed by atoms with Crippen LogP contribution in [0.5, 0.6) is 0 Å². The van der Waals surface area contributed by atoms with Gasteiger partial charge in [0, 0.05) is 11.3 Å². The lowest BCUT2D eigenvalue weighted by atomic mass is 10.1. The van der Waals surface area contributed by atoms with Gasteiger partial charge in [0.1, 0.15) is 23.3 Å². The molecule has 0 unspecified atom stereocenters. The van der Waals surface area contributed by atoms with E-state index in [0.29, 0.717) is 23.0 Å². The average molecular weight is 387 g/mol. The maximum atomic E-state index is 12.8. The fourth-order valence-electron chi connectivity index (χ4n) is 2.80. The van der Waals surface area contributed by atoms with E-state index in [0.717, 1.165) is 10.6 Å². The highest BCUT2D eigenvalue weighted by Gasteiger charge is 2.35. The van der Waals surface area contributed by atoms with Crippen molar-refractivity contribution in [3.63, 3.8) is 0 Å². The number of nitrogens with zero attached hydrogens (tertiary/aromatic N) is 2. The van der Waals surface area contributed by atoms with Crippen molar-refractivity contribution in [2.24, 2.45) is 5.10 Å². The zero-order valence-corrected chi connectivity index (χ0v) is 15.2. The van der Waals surface area contributed by atoms with E-state index in [-0.39, 0.29) is 17.7 Å². The Labute approximate surface area is 159 Å². The van der Waals surface area contributed by atoms with Crippen molar-refractivity contribution in [2.75, 3.05) is 5.75 Å². The third-order valence-corrected chi connectivity index (χ3v) is 5.53. The lowest BCUT2D eigenvalue weighted by molar-refractivity contribution is -0.130. The first-order valence-electron chi connectivity index (χ1n) is 8.06. The summed E-state index contributed by atoms with van der Waals surface area (Å²) >= 11 is 7.56. The Balaban J connectivity index is 1.54. The number of carbonyl (C=O) groups is 1. The minimum Gasteiger partial charge on any atom is -0.467 e. The van der Waals surface area contributed by atoms with Crippen LogP contribution >= 0.6 is 23.4 Å². The highest BCUT2D eigenvalue weighted by Crippen LogP contribution is 2.34. The molecule has 2 aromatic heterocycles. The van der Waals surface area contributed by atoms with E-state index in [1.54, 1.807) is 24.7 Å². The molecule has 0 aliphatic carbocycles. The van der Waals surface area contributed by atoms with Crippen molar-refractivity contribution < 1.29 is 13.6 Å². The van der Waals surface area contributed by atoms with Crippen LogP contribution in [0.1, 0.15) is 24.0 Å². The van der Waals surface area contributed by atoms with Crippen LogP contribution in [0.15, 0.2) is 79.9 Å². The molecule has 132 valence electrons. The molecule has 0 fully saturated rings. The largest absolute Gasteiger partial charge is 0.467 e. The Morgan fingerprint density at radius 3 is 2.69 bits per heavy atom. The van der Waals surface area contributed by atoms with Crippen LogP contribution in [-0.4, -0.2) is 22.4 Å². The van der Waals surface area contributed by atoms with E-state index in [4.69, 9.17) is 20.4 Å². The molecule has 0 saturated heterocycles. The number of carbonyl (C=O) groups excluding carboxylic acids is 1. The number of thioether (sulfide) groups is 1. The number of hydrazone groups is 1. The smallest absolute Gasteiger partial charge is 0.253 e. The van der Waals surface area contributed by atoms with Crippen molar-refractivity contribution in [3.8, 4) is 0 Å². The van der Waals surface area contributed by atoms with Gasteiger partial charge in [-0.2, -0.15) is 5.10 Å². The van der Waals surface area contributed by atoms with Crippen LogP contribution in [0.3, 0.4) is 0 Å². The predicted octanol–water partition coefficient (Wildman–Crippen LogP) is 5.00. The highest BCUT2D eigenvalue weighted by molar-refractivity contribution is 8.00. The summed E-state index contributed by atoms with van der Waals surface area (Å²) in [5.41, 5.74) is 0.729. The molecule has 0 bridgehead atoms. The van der Waals surface area contributed by atoms with Crippen LogP contribution in [0, 0.1) is 0 Å². The lowest BCUT2D eigenvalue weighted by Crippen LogP contribution is -2.28. The van der Waals surface area contributed by atoms with Crippen molar-refractivity contribution in [2.45, 2.75) is 17.4 Å². The number of furan rings is 2. The molecule has 1 aromatic carbocycles. The summed E-state index contributed by atoms with van der Waals surface area (Å²) in [7, 11) is 0. The number of hydrogen-bond acceptors (Lipinski definition) is 5. The van der Waals surface area contributed by atoms with E-state index in [1.165, 1.54) is 16.8 Å². The third-order valence-electron chi connectivity index (χ3n) is 4.03. The Hall–Kier alpha value is -2.44. The maximum absolute atomic E-state index is 12.8. The van der Waals surface area contributed by atoms with Crippen LogP contribution in [-0.2, 0) is 4.79 Å². The topological polar surface area (TPSA) is 59.0 Å². The third kappa shape index (κ3) is 3.43. The second-order valence-electron chi connectivity index (χ2n) is 5.72. The SMILES string of the molecule is O=C(CSc1ccccc1Cl)N1N=C(c2ccco2)C[C@H]1c1ccco1. The molecule has 1 amide bonds. The summed E-state index contributed by atoms with van der Waals surface area (Å²) in [6, 6.07) is 14.5. The molecule has 0 N–H and O–H groups in total. The van der Waals surface area contributed by atoms with Crippen LogP contribution in [0.25, 0.3) is 0 Å². The normalized spacial score (nSPS) is 16.7. The van der Waals surface area contributed by atoms with E-state index in [1.807, 2.05) is 36.4 Å². The van der Waals surface area contributed by atoms with Crippen LogP contribution < -0.4 is 0 Å². The van der Waals surface area contributed by atoms with Gasteiger partial charge >= 0.3 is 0 Å². The van der Waals surface area contributed by atoms with Crippen LogP contribution in [0.2, 0.25) is 5.02 Å². The van der Waals surface area contributed by atoms with E-state index in [2.05, 4.69) is 5.10 Å². The fraction of sp³-hybridized carbons (Fsp3) is 0.158. The number of halogens is 1. The molecule has 1 atom stereocenters. The van der Waals surface area contributed by atoms with E-state index < -0.39 is 0 Å². The summed E-state index contributed by atoms with van der Waals surface area (Å²) in [6.07, 6.45) is 3.74. The minimum absolute atomic E-state index is 0.113. The summed E-state index contributed by atoms with van der Waals surface area (Å²) in [6.45, 7) is 0. The van der Waals surface area contributed by atoms with Gasteiger partial charge in [0.05, 0.1) is 23.3 Å². The molecule has 1 aliphatic rings. The Morgan fingerprint density at radius 1 is 1.15 bits per heavy atom. The van der Waals surface area contributed by atoms with E-state index >= 15 is 0 Å². The number of rotatable bonds is 5. The number of benzene rings is 1. The molecule has 26 heavy (non-hydrogen) atoms. The second-order valence-corrected chi connectivity index (χ2v) is 7.14. The van der Waals surface area contributed by atoms with Gasteiger partial charge in [0.15, 0.2) is 0 Å². The van der Waals surface area contributed by atoms with Crippen molar-refractivity contribution in [3.05, 3.63) is 77.6 Å². The monoisotopic (exact) mass is 386 g/mol. The van der Waals surface area contributed by atoms with Gasteiger partial charge in [0.2, 0.25) is 0 Å². The number of hydrogen-bond donors (Lipinski definition) is 0. The van der Waals surface area contributed by atoms with Gasteiger partial charge in [0.25, 0.3) is 5.91 Å². The van der Waals surface area contributed by atoms with E-state index in [9.17, 15) is 4.79 Å². The molecular weight excluding hydrogens is 372 g/mol. The number of amides is 1. The molecule has 7 heteroatoms. The summed E-state index contributed by atoms with van der Waals surface area (Å²) in [4.78, 5) is 13.7. The van der Waals surface area contributed by atoms with Gasteiger partial charge < -0.3 is 8.83 Å². The van der Waals surface area contributed by atoms with Gasteiger partial charge in [-0.15, -0.1) is 11.8 Å². The first kappa shape index (κ1) is 17.0. The van der Waals surface area contributed by atoms with Crippen molar-refractivity contribution >= 4 is 35.0 Å². The Bertz CT molecular complexity index is 922. The van der Waals surface area contributed by atoms with Gasteiger partial charge in [-0.25, -0.2) is 5.01 Å². The fourth-order valence-corrected chi connectivity index (χ4v) is 3.89. The molecular formula is C19H15ClN2O3S. The molecule has 4 rings (SSSR count). The van der Waals surface area contributed by atoms with Crippen molar-refractivity contribution in [1.82, 2.24) is 5.01 Å². The first-order chi connectivity index (χ1) is 12.7. The molecule has 3 aromatic rings. The standard InChI is InChI=1S/C19H15ClN2O3S/c20-13-5-1-2-8-18(13)26-12-19(23)22-15(17-7-4-10-25-17)11-14(21-22)16-6-3-9-24-16/h1-10,15H,11-12H2/t15-/m0/s1. The molecule has 3 heterocycles. The summed E-state index contributed by atoms with van der Waals surface area (Å²) < 4.78 is 11.0. The molecule has 0 saturated carbocycles. The van der Waals surface area contributed by atoms with Crippen LogP contribution in [0.4, 0.5) is 0 Å². The molecule has 0 radical (unpaired) electrons. The lowest BCUT2D eigenvalue weighted by Gasteiger charge is -2.19. The zero-order chi connectivity index (χ0) is 17.9. The Kier molecular flexibility index (Phi) is 4.86. The second kappa shape index (κ2) is 7.43. The molecule has 1 aliphatic heterocycles. The summed E-state index contributed by atoms with van der Waals surface area (Å²) in [5, 5.41) is 6.62. The molecule has 0 spiro atoms. The predicted molar refractivity (Wildman–Crippen MR) is 100 cm³/mol. The maximum Gasteiger partial charge on any atom is 0.253 e. The minimum atomic E-state index is -0.274. The van der Waals surface area contributed by atoms with Crippen molar-refractivity contribution in [1.29, 1.82) is 0 Å². The first-order valence-corrected chi connectivity index (χ1v) is 9.43.